The molecule has 0 aromatic heterocycles. The number of methoxy groups -OCH3 is 1. The Morgan fingerprint density at radius 1 is 1.08 bits per heavy atom. The predicted molar refractivity (Wildman–Crippen MR) is 96.2 cm³/mol. The van der Waals surface area contributed by atoms with Gasteiger partial charge in [0, 0.05) is 6.54 Å². The summed E-state index contributed by atoms with van der Waals surface area (Å²) in [6, 6.07) is 10.1. The molecule has 0 unspecified atom stereocenters. The number of hydrogen-bond acceptors (Lipinski definition) is 4. The fourth-order valence-corrected chi connectivity index (χ4v) is 3.42. The molecule has 5 nitrogen and oxygen atoms in total. The van der Waals surface area contributed by atoms with Gasteiger partial charge in [-0.05, 0) is 48.4 Å². The standard InChI is InChI=1S/C16H18Cl2N2O3S/c1-23-16-14(17)8-12(9-15(16)18)10-20-7-6-11-2-4-13(5-3-11)24(19,21)22/h2-5,8-9,20H,6-7,10H2,1H3,(H2,19,21,22). The third-order valence-corrected chi connectivity index (χ3v) is 4.92. The lowest BCUT2D eigenvalue weighted by molar-refractivity contribution is 0.415. The minimum atomic E-state index is -3.65. The van der Waals surface area contributed by atoms with Crippen LogP contribution in [0.4, 0.5) is 0 Å². The molecule has 2 rings (SSSR count). The predicted octanol–water partition coefficient (Wildman–Crippen LogP) is 2.98. The van der Waals surface area contributed by atoms with Crippen molar-refractivity contribution in [3.05, 3.63) is 57.6 Å². The molecule has 2 aromatic carbocycles. The molecular weight excluding hydrogens is 371 g/mol. The Hall–Kier alpha value is -1.31. The second kappa shape index (κ2) is 8.18. The van der Waals surface area contributed by atoms with Crippen LogP contribution in [0.2, 0.25) is 10.0 Å². The van der Waals surface area contributed by atoms with E-state index >= 15 is 0 Å². The molecule has 8 heteroatoms. The average Bonchev–Trinajstić information content (AvgIpc) is 2.51. The van der Waals surface area contributed by atoms with Crippen molar-refractivity contribution in [3.8, 4) is 5.75 Å². The molecule has 0 radical (unpaired) electrons. The summed E-state index contributed by atoms with van der Waals surface area (Å²) in [4.78, 5) is 0.113. The topological polar surface area (TPSA) is 81.4 Å². The molecule has 130 valence electrons. The zero-order valence-electron chi connectivity index (χ0n) is 13.1. The third-order valence-electron chi connectivity index (χ3n) is 3.43. The molecule has 24 heavy (non-hydrogen) atoms. The van der Waals surface area contributed by atoms with Gasteiger partial charge in [0.05, 0.1) is 22.1 Å². The average molecular weight is 389 g/mol. The summed E-state index contributed by atoms with van der Waals surface area (Å²) in [5.74, 6) is 0.469. The van der Waals surface area contributed by atoms with Crippen LogP contribution in [-0.4, -0.2) is 22.1 Å². The first-order chi connectivity index (χ1) is 11.3. The molecule has 0 bridgehead atoms. The number of primary sulfonamides is 1. The number of ether oxygens (including phenoxy) is 1. The normalized spacial score (nSPS) is 11.5. The maximum Gasteiger partial charge on any atom is 0.238 e. The Bertz CT molecular complexity index is 786. The molecule has 0 aliphatic rings. The summed E-state index contributed by atoms with van der Waals surface area (Å²) >= 11 is 12.2. The van der Waals surface area contributed by atoms with Gasteiger partial charge < -0.3 is 10.1 Å². The van der Waals surface area contributed by atoms with Gasteiger partial charge in [0.1, 0.15) is 0 Å². The van der Waals surface area contributed by atoms with E-state index in [2.05, 4.69) is 5.32 Å². The van der Waals surface area contributed by atoms with Crippen LogP contribution in [0.3, 0.4) is 0 Å². The van der Waals surface area contributed by atoms with E-state index in [4.69, 9.17) is 33.1 Å². The quantitative estimate of drug-likeness (QED) is 0.714. The zero-order valence-corrected chi connectivity index (χ0v) is 15.4. The summed E-state index contributed by atoms with van der Waals surface area (Å²) in [6.45, 7) is 1.33. The van der Waals surface area contributed by atoms with E-state index in [0.29, 0.717) is 22.3 Å². The Morgan fingerprint density at radius 3 is 2.17 bits per heavy atom. The first kappa shape index (κ1) is 19.0. The van der Waals surface area contributed by atoms with E-state index in [1.165, 1.54) is 19.2 Å². The second-order valence-corrected chi connectivity index (χ2v) is 7.58. The summed E-state index contributed by atoms with van der Waals surface area (Å²) < 4.78 is 27.5. The van der Waals surface area contributed by atoms with Crippen molar-refractivity contribution in [1.82, 2.24) is 5.32 Å². The molecule has 0 fully saturated rings. The van der Waals surface area contributed by atoms with Crippen LogP contribution in [0.15, 0.2) is 41.3 Å². The van der Waals surface area contributed by atoms with E-state index in [1.54, 1.807) is 24.3 Å². The number of sulfonamides is 1. The minimum Gasteiger partial charge on any atom is -0.494 e. The van der Waals surface area contributed by atoms with Crippen molar-refractivity contribution >= 4 is 33.2 Å². The van der Waals surface area contributed by atoms with Crippen LogP contribution >= 0.6 is 23.2 Å². The van der Waals surface area contributed by atoms with Gasteiger partial charge >= 0.3 is 0 Å². The summed E-state index contributed by atoms with van der Waals surface area (Å²) in [5.41, 5.74) is 1.97. The summed E-state index contributed by atoms with van der Waals surface area (Å²) in [7, 11) is -2.13. The fourth-order valence-electron chi connectivity index (χ4n) is 2.22. The van der Waals surface area contributed by atoms with Crippen molar-refractivity contribution in [3.63, 3.8) is 0 Å². The molecule has 0 heterocycles. The zero-order chi connectivity index (χ0) is 17.7. The molecular formula is C16H18Cl2N2O3S. The van der Waals surface area contributed by atoms with Crippen LogP contribution in [0.5, 0.6) is 5.75 Å². The van der Waals surface area contributed by atoms with Crippen LogP contribution < -0.4 is 15.2 Å². The number of benzene rings is 2. The lowest BCUT2D eigenvalue weighted by Gasteiger charge is -2.10. The van der Waals surface area contributed by atoms with E-state index in [0.717, 1.165) is 24.1 Å². The van der Waals surface area contributed by atoms with E-state index in [1.807, 2.05) is 0 Å². The van der Waals surface area contributed by atoms with Gasteiger partial charge in [-0.2, -0.15) is 0 Å². The molecule has 0 aliphatic heterocycles. The number of nitrogens with two attached hydrogens (primary N) is 1. The summed E-state index contributed by atoms with van der Waals surface area (Å²) in [6.07, 6.45) is 0.752. The summed E-state index contributed by atoms with van der Waals surface area (Å²) in [5, 5.41) is 9.30. The maximum atomic E-state index is 11.2. The highest BCUT2D eigenvalue weighted by atomic mass is 35.5. The Morgan fingerprint density at radius 2 is 1.67 bits per heavy atom. The SMILES string of the molecule is COc1c(Cl)cc(CNCCc2ccc(S(N)(=O)=O)cc2)cc1Cl. The van der Waals surface area contributed by atoms with Gasteiger partial charge in [-0.1, -0.05) is 35.3 Å². The van der Waals surface area contributed by atoms with Gasteiger partial charge in [-0.15, -0.1) is 0 Å². The molecule has 0 amide bonds. The minimum absolute atomic E-state index is 0.113. The van der Waals surface area contributed by atoms with Crippen molar-refractivity contribution in [2.75, 3.05) is 13.7 Å². The number of hydrogen-bond donors (Lipinski definition) is 2. The van der Waals surface area contributed by atoms with E-state index in [9.17, 15) is 8.42 Å². The van der Waals surface area contributed by atoms with Crippen LogP contribution in [0.25, 0.3) is 0 Å². The smallest absolute Gasteiger partial charge is 0.238 e. The first-order valence-electron chi connectivity index (χ1n) is 7.15. The Labute approximate surface area is 151 Å². The van der Waals surface area contributed by atoms with Crippen molar-refractivity contribution < 1.29 is 13.2 Å². The Kier molecular flexibility index (Phi) is 6.48. The van der Waals surface area contributed by atoms with Gasteiger partial charge in [0.2, 0.25) is 10.0 Å². The fraction of sp³-hybridized carbons (Fsp3) is 0.250. The highest BCUT2D eigenvalue weighted by Crippen LogP contribution is 2.33. The van der Waals surface area contributed by atoms with Gasteiger partial charge in [0.25, 0.3) is 0 Å². The number of nitrogens with one attached hydrogen (secondary N) is 1. The molecule has 3 N–H and O–H groups in total. The molecule has 0 aliphatic carbocycles. The third kappa shape index (κ3) is 5.09. The molecule has 0 saturated carbocycles. The molecule has 0 spiro atoms. The van der Waals surface area contributed by atoms with Crippen LogP contribution in [0.1, 0.15) is 11.1 Å². The molecule has 2 aromatic rings. The van der Waals surface area contributed by atoms with Crippen molar-refractivity contribution in [2.24, 2.45) is 5.14 Å². The van der Waals surface area contributed by atoms with Crippen LogP contribution in [-0.2, 0) is 23.0 Å². The lowest BCUT2D eigenvalue weighted by Crippen LogP contribution is -2.17. The lowest BCUT2D eigenvalue weighted by atomic mass is 10.1. The largest absolute Gasteiger partial charge is 0.494 e. The Balaban J connectivity index is 1.87. The van der Waals surface area contributed by atoms with E-state index in [-0.39, 0.29) is 4.90 Å². The van der Waals surface area contributed by atoms with Gasteiger partial charge in [0.15, 0.2) is 5.75 Å². The molecule has 0 saturated heterocycles. The van der Waals surface area contributed by atoms with Gasteiger partial charge in [-0.3, -0.25) is 0 Å². The maximum absolute atomic E-state index is 11.2. The van der Waals surface area contributed by atoms with Crippen molar-refractivity contribution in [2.45, 2.75) is 17.9 Å². The molecule has 0 atom stereocenters. The number of halogens is 2. The van der Waals surface area contributed by atoms with Gasteiger partial charge in [-0.25, -0.2) is 13.6 Å². The van der Waals surface area contributed by atoms with Crippen molar-refractivity contribution in [1.29, 1.82) is 0 Å². The van der Waals surface area contributed by atoms with Crippen LogP contribution in [0, 0.1) is 0 Å². The van der Waals surface area contributed by atoms with E-state index < -0.39 is 10.0 Å². The number of rotatable bonds is 7. The highest BCUT2D eigenvalue weighted by molar-refractivity contribution is 7.89. The highest BCUT2D eigenvalue weighted by Gasteiger charge is 2.09. The second-order valence-electron chi connectivity index (χ2n) is 5.21. The monoisotopic (exact) mass is 388 g/mol. The first-order valence-corrected chi connectivity index (χ1v) is 9.46.